The number of benzene rings is 1. The van der Waals surface area contributed by atoms with Gasteiger partial charge in [-0.3, -0.25) is 4.98 Å². The monoisotopic (exact) mass is 465 g/mol. The Morgan fingerprint density at radius 2 is 1.56 bits per heavy atom. The second-order valence-corrected chi connectivity index (χ2v) is 5.35. The maximum Gasteiger partial charge on any atom is 0.123 e. The number of ether oxygens (including phenoxy) is 1. The Morgan fingerprint density at radius 1 is 0.944 bits per heavy atom. The van der Waals surface area contributed by atoms with Gasteiger partial charge in [-0.1, -0.05) is 75.5 Å². The fourth-order valence-corrected chi connectivity index (χ4v) is 2.36. The van der Waals surface area contributed by atoms with Crippen molar-refractivity contribution in [3.05, 3.63) is 59.4 Å². The van der Waals surface area contributed by atoms with Crippen molar-refractivity contribution >= 4 is 45.2 Å². The molecule has 1 aromatic heterocycles. The van der Waals surface area contributed by atoms with Gasteiger partial charge in [-0.15, -0.1) is 0 Å². The molecule has 2 aromatic rings. The number of halogens is 2. The fraction of sp³-hybridized carbons (Fsp3) is 0.214. The van der Waals surface area contributed by atoms with Crippen molar-refractivity contribution in [1.82, 2.24) is 4.98 Å². The molecular formula is C14H13I2NO. The van der Waals surface area contributed by atoms with Crippen molar-refractivity contribution in [3.8, 4) is 5.75 Å². The molecule has 0 saturated heterocycles. The smallest absolute Gasteiger partial charge is 0.123 e. The van der Waals surface area contributed by atoms with Gasteiger partial charge >= 0.3 is 0 Å². The molecule has 2 rings (SSSR count). The fourth-order valence-electron chi connectivity index (χ4n) is 1.58. The van der Waals surface area contributed by atoms with Crippen LogP contribution in [0.2, 0.25) is 0 Å². The Balaban J connectivity index is 2.09. The Bertz CT molecular complexity index is 480. The molecular weight excluding hydrogens is 452 g/mol. The van der Waals surface area contributed by atoms with Gasteiger partial charge in [0, 0.05) is 21.0 Å². The van der Waals surface area contributed by atoms with Crippen LogP contribution in [0.1, 0.15) is 17.0 Å². The Labute approximate surface area is 134 Å². The Kier molecular flexibility index (Phi) is 5.68. The first-order valence-electron chi connectivity index (χ1n) is 5.60. The first kappa shape index (κ1) is 14.0. The highest BCUT2D eigenvalue weighted by molar-refractivity contribution is 14.1. The van der Waals surface area contributed by atoms with Crippen LogP contribution in [0.15, 0.2) is 42.5 Å². The SMILES string of the molecule is ICc1cc(OCc2ccccc2)cc(CI)n1. The van der Waals surface area contributed by atoms with E-state index in [2.05, 4.69) is 62.3 Å². The van der Waals surface area contributed by atoms with Crippen LogP contribution < -0.4 is 4.74 Å². The van der Waals surface area contributed by atoms with Crippen molar-refractivity contribution in [2.24, 2.45) is 0 Å². The third-order valence-corrected chi connectivity index (χ3v) is 3.99. The van der Waals surface area contributed by atoms with Crippen LogP contribution in [0.4, 0.5) is 0 Å². The number of hydrogen-bond acceptors (Lipinski definition) is 2. The molecule has 0 atom stereocenters. The van der Waals surface area contributed by atoms with Crippen LogP contribution >= 0.6 is 45.2 Å². The van der Waals surface area contributed by atoms with Crippen LogP contribution in [-0.2, 0) is 15.5 Å². The van der Waals surface area contributed by atoms with Crippen molar-refractivity contribution in [2.45, 2.75) is 15.5 Å². The standard InChI is InChI=1S/C14H13I2NO/c15-8-12-6-14(7-13(9-16)17-12)18-10-11-4-2-1-3-5-11/h1-7H,8-10H2. The van der Waals surface area contributed by atoms with E-state index in [1.165, 1.54) is 5.56 Å². The van der Waals surface area contributed by atoms with E-state index in [-0.39, 0.29) is 0 Å². The van der Waals surface area contributed by atoms with Gasteiger partial charge in [-0.25, -0.2) is 0 Å². The van der Waals surface area contributed by atoms with Crippen molar-refractivity contribution in [2.75, 3.05) is 0 Å². The molecule has 1 heterocycles. The Hall–Kier alpha value is -0.370. The summed E-state index contributed by atoms with van der Waals surface area (Å²) in [6.07, 6.45) is 0. The molecule has 18 heavy (non-hydrogen) atoms. The van der Waals surface area contributed by atoms with Gasteiger partial charge in [0.05, 0.1) is 11.4 Å². The molecule has 2 nitrogen and oxygen atoms in total. The van der Waals surface area contributed by atoms with E-state index in [9.17, 15) is 0 Å². The lowest BCUT2D eigenvalue weighted by Crippen LogP contribution is -1.98. The number of alkyl halides is 2. The number of hydrogen-bond donors (Lipinski definition) is 0. The highest BCUT2D eigenvalue weighted by Gasteiger charge is 2.03. The highest BCUT2D eigenvalue weighted by atomic mass is 127. The molecule has 0 aliphatic heterocycles. The second-order valence-electron chi connectivity index (χ2n) is 3.83. The minimum Gasteiger partial charge on any atom is -0.489 e. The molecule has 0 N–H and O–H groups in total. The van der Waals surface area contributed by atoms with Gasteiger partial charge in [0.25, 0.3) is 0 Å². The second kappa shape index (κ2) is 7.28. The summed E-state index contributed by atoms with van der Waals surface area (Å²) < 4.78 is 7.64. The van der Waals surface area contributed by atoms with Crippen LogP contribution in [0.3, 0.4) is 0 Å². The van der Waals surface area contributed by atoms with Crippen LogP contribution in [0.25, 0.3) is 0 Å². The van der Waals surface area contributed by atoms with Crippen LogP contribution in [-0.4, -0.2) is 4.98 Å². The number of nitrogens with zero attached hydrogens (tertiary/aromatic N) is 1. The molecule has 4 heteroatoms. The van der Waals surface area contributed by atoms with E-state index >= 15 is 0 Å². The lowest BCUT2D eigenvalue weighted by atomic mass is 10.2. The lowest BCUT2D eigenvalue weighted by molar-refractivity contribution is 0.305. The zero-order chi connectivity index (χ0) is 12.8. The van der Waals surface area contributed by atoms with E-state index in [4.69, 9.17) is 4.74 Å². The van der Waals surface area contributed by atoms with Crippen molar-refractivity contribution in [3.63, 3.8) is 0 Å². The summed E-state index contributed by atoms with van der Waals surface area (Å²) in [6, 6.07) is 14.2. The first-order chi connectivity index (χ1) is 8.81. The zero-order valence-electron chi connectivity index (χ0n) is 9.77. The van der Waals surface area contributed by atoms with E-state index < -0.39 is 0 Å². The highest BCUT2D eigenvalue weighted by Crippen LogP contribution is 2.19. The predicted molar refractivity (Wildman–Crippen MR) is 90.5 cm³/mol. The topological polar surface area (TPSA) is 22.1 Å². The number of aromatic nitrogens is 1. The zero-order valence-corrected chi connectivity index (χ0v) is 14.1. The summed E-state index contributed by atoms with van der Waals surface area (Å²) in [5.74, 6) is 0.909. The average Bonchev–Trinajstić information content (AvgIpc) is 2.45. The van der Waals surface area contributed by atoms with Crippen LogP contribution in [0.5, 0.6) is 5.75 Å². The molecule has 0 saturated carbocycles. The lowest BCUT2D eigenvalue weighted by Gasteiger charge is -2.09. The summed E-state index contributed by atoms with van der Waals surface area (Å²) in [6.45, 7) is 0.603. The number of rotatable bonds is 5. The molecule has 0 unspecified atom stereocenters. The third kappa shape index (κ3) is 4.08. The van der Waals surface area contributed by atoms with Gasteiger partial charge < -0.3 is 4.74 Å². The molecule has 94 valence electrons. The largest absolute Gasteiger partial charge is 0.489 e. The molecule has 0 radical (unpaired) electrons. The van der Waals surface area contributed by atoms with Gasteiger partial charge in [-0.2, -0.15) is 0 Å². The third-order valence-electron chi connectivity index (χ3n) is 2.43. The minimum absolute atomic E-state index is 0.603. The summed E-state index contributed by atoms with van der Waals surface area (Å²) >= 11 is 4.64. The quantitative estimate of drug-likeness (QED) is 0.479. The summed E-state index contributed by atoms with van der Waals surface area (Å²) in [4.78, 5) is 4.53. The van der Waals surface area contributed by atoms with Crippen molar-refractivity contribution < 1.29 is 4.74 Å². The maximum absolute atomic E-state index is 5.83. The molecule has 0 bridgehead atoms. The number of pyridine rings is 1. The molecule has 0 spiro atoms. The van der Waals surface area contributed by atoms with Gasteiger partial charge in [0.15, 0.2) is 0 Å². The Morgan fingerprint density at radius 3 is 2.11 bits per heavy atom. The molecule has 1 aromatic carbocycles. The molecule has 0 fully saturated rings. The van der Waals surface area contributed by atoms with Gasteiger partial charge in [0.2, 0.25) is 0 Å². The molecule has 0 aliphatic rings. The maximum atomic E-state index is 5.83. The minimum atomic E-state index is 0.603. The summed E-state index contributed by atoms with van der Waals surface area (Å²) in [5, 5.41) is 0. The molecule has 0 amide bonds. The van der Waals surface area contributed by atoms with E-state index in [0.29, 0.717) is 6.61 Å². The van der Waals surface area contributed by atoms with Gasteiger partial charge in [-0.05, 0) is 5.56 Å². The predicted octanol–water partition coefficient (Wildman–Crippen LogP) is 4.53. The molecule has 0 aliphatic carbocycles. The van der Waals surface area contributed by atoms with E-state index in [1.807, 2.05) is 30.3 Å². The van der Waals surface area contributed by atoms with E-state index in [0.717, 1.165) is 26.0 Å². The first-order valence-corrected chi connectivity index (χ1v) is 8.65. The van der Waals surface area contributed by atoms with Crippen molar-refractivity contribution in [1.29, 1.82) is 0 Å². The summed E-state index contributed by atoms with van der Waals surface area (Å²) in [7, 11) is 0. The van der Waals surface area contributed by atoms with E-state index in [1.54, 1.807) is 0 Å². The van der Waals surface area contributed by atoms with Gasteiger partial charge in [0.1, 0.15) is 12.4 Å². The van der Waals surface area contributed by atoms with Crippen LogP contribution in [0, 0.1) is 0 Å². The average molecular weight is 465 g/mol. The normalized spacial score (nSPS) is 10.3. The summed E-state index contributed by atoms with van der Waals surface area (Å²) in [5.41, 5.74) is 3.34.